The lowest BCUT2D eigenvalue weighted by Gasteiger charge is -2.23. The van der Waals surface area contributed by atoms with E-state index in [0.717, 1.165) is 24.0 Å². The normalized spacial score (nSPS) is 15.0. The maximum absolute atomic E-state index is 13.6. The van der Waals surface area contributed by atoms with Crippen LogP contribution in [0.3, 0.4) is 0 Å². The molecule has 0 N–H and O–H groups in total. The molecule has 0 spiro atoms. The Morgan fingerprint density at radius 3 is 1.82 bits per heavy atom. The van der Waals surface area contributed by atoms with Gasteiger partial charge >= 0.3 is 0 Å². The molecule has 34 heavy (non-hydrogen) atoms. The molecule has 9 heteroatoms. The zero-order chi connectivity index (χ0) is 24.2. The van der Waals surface area contributed by atoms with Gasteiger partial charge in [0.15, 0.2) is 0 Å². The van der Waals surface area contributed by atoms with E-state index in [1.807, 2.05) is 42.5 Å². The van der Waals surface area contributed by atoms with Crippen molar-refractivity contribution < 1.29 is 21.6 Å². The average molecular weight is 501 g/mol. The lowest BCUT2D eigenvalue weighted by Crippen LogP contribution is -2.30. The third-order valence-electron chi connectivity index (χ3n) is 5.88. The van der Waals surface area contributed by atoms with Gasteiger partial charge in [0.25, 0.3) is 0 Å². The zero-order valence-electron chi connectivity index (χ0n) is 19.0. The molecule has 1 fully saturated rings. The van der Waals surface area contributed by atoms with Crippen LogP contribution >= 0.6 is 0 Å². The number of hydrogen-bond donors (Lipinski definition) is 0. The molecule has 0 bridgehead atoms. The average Bonchev–Trinajstić information content (AvgIpc) is 3.41. The molecule has 0 saturated carbocycles. The summed E-state index contributed by atoms with van der Waals surface area (Å²) in [6.07, 6.45) is 1.68. The van der Waals surface area contributed by atoms with Crippen LogP contribution in [0.1, 0.15) is 24.0 Å². The molecule has 1 aliphatic rings. The molecule has 1 aliphatic heterocycles. The molecule has 0 amide bonds. The quantitative estimate of drug-likeness (QED) is 0.445. The Morgan fingerprint density at radius 1 is 0.735 bits per heavy atom. The first-order chi connectivity index (χ1) is 16.3. The van der Waals surface area contributed by atoms with E-state index < -0.39 is 20.0 Å². The topological polar surface area (TPSA) is 84.0 Å². The predicted molar refractivity (Wildman–Crippen MR) is 130 cm³/mol. The van der Waals surface area contributed by atoms with Crippen molar-refractivity contribution in [2.75, 3.05) is 20.2 Å². The molecule has 180 valence electrons. The van der Waals surface area contributed by atoms with Gasteiger partial charge in [-0.05, 0) is 60.4 Å². The smallest absolute Gasteiger partial charge is 0.243 e. The maximum atomic E-state index is 13.6. The van der Waals surface area contributed by atoms with E-state index in [4.69, 9.17) is 4.74 Å². The monoisotopic (exact) mass is 500 g/mol. The van der Waals surface area contributed by atoms with Crippen LogP contribution in [0.4, 0.5) is 0 Å². The van der Waals surface area contributed by atoms with E-state index in [-0.39, 0.29) is 22.9 Å². The Morgan fingerprint density at radius 2 is 1.26 bits per heavy atom. The van der Waals surface area contributed by atoms with Gasteiger partial charge in [0.1, 0.15) is 5.75 Å². The van der Waals surface area contributed by atoms with Crippen molar-refractivity contribution in [3.8, 4) is 5.75 Å². The summed E-state index contributed by atoms with van der Waals surface area (Å²) >= 11 is 0. The summed E-state index contributed by atoms with van der Waals surface area (Å²) in [6, 6.07) is 22.1. The van der Waals surface area contributed by atoms with Gasteiger partial charge in [0.05, 0.1) is 16.9 Å². The summed E-state index contributed by atoms with van der Waals surface area (Å²) in [5, 5.41) is 0. The van der Waals surface area contributed by atoms with Crippen molar-refractivity contribution in [3.05, 3.63) is 90.0 Å². The van der Waals surface area contributed by atoms with Crippen molar-refractivity contribution in [1.82, 2.24) is 8.61 Å². The lowest BCUT2D eigenvalue weighted by molar-refractivity contribution is 0.399. The number of ether oxygens (including phenoxy) is 1. The van der Waals surface area contributed by atoms with Crippen molar-refractivity contribution in [2.24, 2.45) is 0 Å². The highest BCUT2D eigenvalue weighted by atomic mass is 32.2. The van der Waals surface area contributed by atoms with Crippen LogP contribution in [0.15, 0.2) is 88.7 Å². The molecule has 1 heterocycles. The van der Waals surface area contributed by atoms with Crippen LogP contribution in [0.2, 0.25) is 0 Å². The number of hydrogen-bond acceptors (Lipinski definition) is 5. The summed E-state index contributed by atoms with van der Waals surface area (Å²) in [4.78, 5) is 0.162. The third kappa shape index (κ3) is 5.33. The number of nitrogens with zero attached hydrogens (tertiary/aromatic N) is 2. The summed E-state index contributed by atoms with van der Waals surface area (Å²) in [5.41, 5.74) is 1.67. The fourth-order valence-electron chi connectivity index (χ4n) is 3.96. The molecule has 3 aromatic rings. The molecule has 7 nitrogen and oxygen atoms in total. The van der Waals surface area contributed by atoms with Gasteiger partial charge in [-0.2, -0.15) is 8.61 Å². The van der Waals surface area contributed by atoms with Crippen LogP contribution < -0.4 is 4.74 Å². The van der Waals surface area contributed by atoms with E-state index in [0.29, 0.717) is 18.8 Å². The summed E-state index contributed by atoms with van der Waals surface area (Å²) in [5.74, 6) is 0.691. The molecule has 3 aromatic carbocycles. The summed E-state index contributed by atoms with van der Waals surface area (Å²) in [7, 11) is -5.93. The van der Waals surface area contributed by atoms with E-state index in [2.05, 4.69) is 0 Å². The second kappa shape index (κ2) is 10.3. The minimum absolute atomic E-state index is 0.0531. The highest BCUT2D eigenvalue weighted by molar-refractivity contribution is 7.89. The Hall–Kier alpha value is -2.72. The highest BCUT2D eigenvalue weighted by Crippen LogP contribution is 2.26. The number of sulfonamides is 2. The first kappa shape index (κ1) is 24.4. The van der Waals surface area contributed by atoms with Gasteiger partial charge < -0.3 is 4.74 Å². The first-order valence-corrected chi connectivity index (χ1v) is 14.0. The van der Waals surface area contributed by atoms with Gasteiger partial charge in [0.2, 0.25) is 20.0 Å². The summed E-state index contributed by atoms with van der Waals surface area (Å²) in [6.45, 7) is 1.34. The summed E-state index contributed by atoms with van der Waals surface area (Å²) < 4.78 is 60.9. The molecule has 0 atom stereocenters. The Balaban J connectivity index is 1.63. The second-order valence-electron chi connectivity index (χ2n) is 8.19. The number of methoxy groups -OCH3 is 1. The zero-order valence-corrected chi connectivity index (χ0v) is 20.6. The van der Waals surface area contributed by atoms with E-state index in [1.54, 1.807) is 19.2 Å². The van der Waals surface area contributed by atoms with Crippen LogP contribution in [-0.4, -0.2) is 45.6 Å². The molecular formula is C25H28N2O5S2. The van der Waals surface area contributed by atoms with Crippen LogP contribution in [0, 0.1) is 0 Å². The minimum Gasteiger partial charge on any atom is -0.497 e. The molecule has 0 radical (unpaired) electrons. The van der Waals surface area contributed by atoms with E-state index in [9.17, 15) is 16.8 Å². The number of rotatable bonds is 9. The second-order valence-corrected chi connectivity index (χ2v) is 12.1. The SMILES string of the molecule is COc1ccc(CN(Cc2ccccc2)S(=O)(=O)c2ccc(S(=O)(=O)N3CCCC3)cc2)cc1. The number of benzene rings is 3. The minimum atomic E-state index is -3.90. The van der Waals surface area contributed by atoms with Crippen molar-refractivity contribution in [1.29, 1.82) is 0 Å². The van der Waals surface area contributed by atoms with Gasteiger partial charge in [-0.25, -0.2) is 16.8 Å². The van der Waals surface area contributed by atoms with Gasteiger partial charge in [-0.15, -0.1) is 0 Å². The molecule has 0 aliphatic carbocycles. The van der Waals surface area contributed by atoms with Crippen LogP contribution in [-0.2, 0) is 33.1 Å². The fraction of sp³-hybridized carbons (Fsp3) is 0.280. The van der Waals surface area contributed by atoms with Crippen molar-refractivity contribution in [3.63, 3.8) is 0 Å². The van der Waals surface area contributed by atoms with E-state index in [1.165, 1.54) is 32.9 Å². The standard InChI is InChI=1S/C25H28N2O5S2/c1-32-23-11-9-22(10-12-23)20-27(19-21-7-3-2-4-8-21)34(30,31)25-15-13-24(14-16-25)33(28,29)26-17-5-6-18-26/h2-4,7-16H,5-6,17-20H2,1H3. The third-order valence-corrected chi connectivity index (χ3v) is 9.60. The highest BCUT2D eigenvalue weighted by Gasteiger charge is 2.29. The molecule has 1 saturated heterocycles. The molecule has 0 aromatic heterocycles. The molecule has 4 rings (SSSR count). The molecular weight excluding hydrogens is 472 g/mol. The molecule has 0 unspecified atom stereocenters. The van der Waals surface area contributed by atoms with Gasteiger partial charge in [-0.3, -0.25) is 0 Å². The maximum Gasteiger partial charge on any atom is 0.243 e. The van der Waals surface area contributed by atoms with Crippen LogP contribution in [0.5, 0.6) is 5.75 Å². The van der Waals surface area contributed by atoms with Crippen molar-refractivity contribution >= 4 is 20.0 Å². The van der Waals surface area contributed by atoms with Crippen LogP contribution in [0.25, 0.3) is 0 Å². The largest absolute Gasteiger partial charge is 0.497 e. The van der Waals surface area contributed by atoms with Gasteiger partial charge in [-0.1, -0.05) is 42.5 Å². The van der Waals surface area contributed by atoms with Crippen molar-refractivity contribution in [2.45, 2.75) is 35.7 Å². The Labute approximate surface area is 201 Å². The van der Waals surface area contributed by atoms with Gasteiger partial charge in [0, 0.05) is 26.2 Å². The Bertz CT molecular complexity index is 1300. The Kier molecular flexibility index (Phi) is 7.37. The lowest BCUT2D eigenvalue weighted by atomic mass is 10.2. The first-order valence-electron chi connectivity index (χ1n) is 11.1. The predicted octanol–water partition coefficient (Wildman–Crippen LogP) is 3.87. The van der Waals surface area contributed by atoms with E-state index >= 15 is 0 Å². The fourth-order valence-corrected chi connectivity index (χ4v) is 6.89.